The number of likely N-dealkylation sites (N-methyl/N-ethyl adjacent to an activating group) is 1. The molecule has 2 heterocycles. The van der Waals surface area contributed by atoms with E-state index in [1.165, 1.54) is 16.5 Å². The Morgan fingerprint density at radius 3 is 2.45 bits per heavy atom. The Morgan fingerprint density at radius 2 is 1.72 bits per heavy atom. The summed E-state index contributed by atoms with van der Waals surface area (Å²) in [5.41, 5.74) is 5.71. The van der Waals surface area contributed by atoms with Crippen LogP contribution in [0.3, 0.4) is 0 Å². The lowest BCUT2D eigenvalue weighted by Crippen LogP contribution is -2.22. The Bertz CT molecular complexity index is 1120. The molecule has 2 aromatic heterocycles. The third-order valence-electron chi connectivity index (χ3n) is 5.30. The van der Waals surface area contributed by atoms with Crippen molar-refractivity contribution < 1.29 is 4.74 Å². The zero-order chi connectivity index (χ0) is 20.4. The number of pyridine rings is 1. The van der Waals surface area contributed by atoms with E-state index >= 15 is 0 Å². The third-order valence-corrected chi connectivity index (χ3v) is 5.30. The lowest BCUT2D eigenvalue weighted by molar-refractivity contribution is 0.339. The number of aromatic nitrogens is 2. The maximum atomic E-state index is 5.72. The fourth-order valence-corrected chi connectivity index (χ4v) is 4.01. The molecule has 148 valence electrons. The van der Waals surface area contributed by atoms with Gasteiger partial charge in [0.25, 0.3) is 0 Å². The van der Waals surface area contributed by atoms with Crippen molar-refractivity contribution in [2.45, 2.75) is 13.0 Å². The number of hydrogen-bond donors (Lipinski definition) is 0. The van der Waals surface area contributed by atoms with Crippen molar-refractivity contribution in [3.63, 3.8) is 0 Å². The largest absolute Gasteiger partial charge is 0.495 e. The first-order valence-electron chi connectivity index (χ1n) is 9.91. The summed E-state index contributed by atoms with van der Waals surface area (Å²) in [6.45, 7) is 3.19. The van der Waals surface area contributed by atoms with Gasteiger partial charge >= 0.3 is 0 Å². The monoisotopic (exact) mass is 385 g/mol. The van der Waals surface area contributed by atoms with Crippen LogP contribution in [0.25, 0.3) is 33.2 Å². The van der Waals surface area contributed by atoms with E-state index in [1.54, 1.807) is 7.11 Å². The SMILES string of the molecule is COc1cccc2c(-c3cncc(-c4ccccc4)c3)cn(C(C)CN(C)C)c12. The molecule has 0 aliphatic rings. The maximum absolute atomic E-state index is 5.72. The topological polar surface area (TPSA) is 30.3 Å². The predicted molar refractivity (Wildman–Crippen MR) is 120 cm³/mol. The molecule has 2 aromatic carbocycles. The number of nitrogens with zero attached hydrogens (tertiary/aromatic N) is 3. The highest BCUT2D eigenvalue weighted by Gasteiger charge is 2.18. The van der Waals surface area contributed by atoms with Gasteiger partial charge in [-0.1, -0.05) is 42.5 Å². The van der Waals surface area contributed by atoms with Gasteiger partial charge in [-0.3, -0.25) is 4.98 Å². The quantitative estimate of drug-likeness (QED) is 0.439. The van der Waals surface area contributed by atoms with Gasteiger partial charge in [0.1, 0.15) is 5.75 Å². The van der Waals surface area contributed by atoms with E-state index in [4.69, 9.17) is 4.74 Å². The molecule has 0 saturated heterocycles. The Labute approximate surface area is 172 Å². The normalized spacial score (nSPS) is 12.4. The van der Waals surface area contributed by atoms with Crippen LogP contribution in [0.2, 0.25) is 0 Å². The van der Waals surface area contributed by atoms with Crippen LogP contribution in [0.1, 0.15) is 13.0 Å². The number of benzene rings is 2. The molecule has 0 radical (unpaired) electrons. The number of fused-ring (bicyclic) bond motifs is 1. The molecular formula is C25H27N3O. The fourth-order valence-electron chi connectivity index (χ4n) is 4.01. The highest BCUT2D eigenvalue weighted by molar-refractivity contribution is 5.99. The molecule has 0 aliphatic carbocycles. The van der Waals surface area contributed by atoms with Crippen molar-refractivity contribution in [2.24, 2.45) is 0 Å². The molecule has 1 unspecified atom stereocenters. The molecule has 1 atom stereocenters. The summed E-state index contributed by atoms with van der Waals surface area (Å²) in [6.07, 6.45) is 6.11. The van der Waals surface area contributed by atoms with Gasteiger partial charge in [0, 0.05) is 53.3 Å². The average molecular weight is 386 g/mol. The van der Waals surface area contributed by atoms with Crippen LogP contribution in [0.15, 0.2) is 73.2 Å². The Hall–Kier alpha value is -3.11. The molecule has 0 fully saturated rings. The van der Waals surface area contributed by atoms with E-state index in [-0.39, 0.29) is 0 Å². The number of rotatable bonds is 6. The van der Waals surface area contributed by atoms with Gasteiger partial charge in [0.2, 0.25) is 0 Å². The fraction of sp³-hybridized carbons (Fsp3) is 0.240. The van der Waals surface area contributed by atoms with Gasteiger partial charge in [-0.2, -0.15) is 0 Å². The van der Waals surface area contributed by atoms with Crippen LogP contribution in [0.5, 0.6) is 5.75 Å². The molecule has 0 bridgehead atoms. The molecule has 4 aromatic rings. The van der Waals surface area contributed by atoms with Gasteiger partial charge < -0.3 is 14.2 Å². The summed E-state index contributed by atoms with van der Waals surface area (Å²) in [6, 6.07) is 19.2. The van der Waals surface area contributed by atoms with Gasteiger partial charge in [0.05, 0.1) is 12.6 Å². The van der Waals surface area contributed by atoms with Crippen molar-refractivity contribution in [3.05, 3.63) is 73.2 Å². The van der Waals surface area contributed by atoms with Crippen LogP contribution < -0.4 is 4.74 Å². The van der Waals surface area contributed by atoms with E-state index in [9.17, 15) is 0 Å². The lowest BCUT2D eigenvalue weighted by atomic mass is 10.0. The Kier molecular flexibility index (Phi) is 5.36. The second-order valence-corrected chi connectivity index (χ2v) is 7.75. The van der Waals surface area contributed by atoms with Gasteiger partial charge in [-0.05, 0) is 38.7 Å². The molecule has 0 aliphatic heterocycles. The van der Waals surface area contributed by atoms with E-state index in [0.29, 0.717) is 6.04 Å². The van der Waals surface area contributed by atoms with Crippen LogP contribution >= 0.6 is 0 Å². The average Bonchev–Trinajstić information content (AvgIpc) is 3.14. The summed E-state index contributed by atoms with van der Waals surface area (Å²) < 4.78 is 8.05. The second-order valence-electron chi connectivity index (χ2n) is 7.75. The Morgan fingerprint density at radius 1 is 0.966 bits per heavy atom. The summed E-state index contributed by atoms with van der Waals surface area (Å²) in [5, 5.41) is 1.18. The molecule has 29 heavy (non-hydrogen) atoms. The molecule has 4 rings (SSSR count). The van der Waals surface area contributed by atoms with Crippen LogP contribution in [0, 0.1) is 0 Å². The molecule has 0 amide bonds. The number of hydrogen-bond acceptors (Lipinski definition) is 3. The minimum Gasteiger partial charge on any atom is -0.495 e. The standard InChI is InChI=1S/C25H27N3O/c1-18(16-27(2)3)28-17-23(22-11-8-12-24(29-4)25(22)28)21-13-20(14-26-15-21)19-9-6-5-7-10-19/h5-15,17-18H,16H2,1-4H3. The lowest BCUT2D eigenvalue weighted by Gasteiger charge is -2.20. The molecule has 4 nitrogen and oxygen atoms in total. The summed E-state index contributed by atoms with van der Waals surface area (Å²) >= 11 is 0. The third kappa shape index (κ3) is 3.76. The van der Waals surface area contributed by atoms with Crippen LogP contribution in [-0.2, 0) is 0 Å². The van der Waals surface area contributed by atoms with Gasteiger partial charge in [0.15, 0.2) is 0 Å². The van der Waals surface area contributed by atoms with Crippen molar-refractivity contribution in [3.8, 4) is 28.0 Å². The molecule has 0 spiro atoms. The summed E-state index contributed by atoms with van der Waals surface area (Å²) in [7, 11) is 5.95. The van der Waals surface area contributed by atoms with Crippen molar-refractivity contribution in [1.29, 1.82) is 0 Å². The van der Waals surface area contributed by atoms with Crippen molar-refractivity contribution >= 4 is 10.9 Å². The molecule has 0 saturated carbocycles. The first-order chi connectivity index (χ1) is 14.1. The van der Waals surface area contributed by atoms with E-state index in [2.05, 4.69) is 84.1 Å². The second kappa shape index (κ2) is 8.10. The predicted octanol–water partition coefficient (Wildman–Crippen LogP) is 5.50. The number of methoxy groups -OCH3 is 1. The van der Waals surface area contributed by atoms with Crippen molar-refractivity contribution in [1.82, 2.24) is 14.5 Å². The molecule has 0 N–H and O–H groups in total. The molecule has 4 heteroatoms. The van der Waals surface area contributed by atoms with E-state index in [1.807, 2.05) is 24.5 Å². The number of para-hydroxylation sites is 1. The van der Waals surface area contributed by atoms with E-state index < -0.39 is 0 Å². The first-order valence-corrected chi connectivity index (χ1v) is 9.91. The summed E-state index contributed by atoms with van der Waals surface area (Å²) in [5.74, 6) is 0.895. The highest BCUT2D eigenvalue weighted by Crippen LogP contribution is 2.38. The zero-order valence-electron chi connectivity index (χ0n) is 17.5. The van der Waals surface area contributed by atoms with Crippen LogP contribution in [-0.4, -0.2) is 42.2 Å². The van der Waals surface area contributed by atoms with Gasteiger partial charge in [-0.15, -0.1) is 0 Å². The van der Waals surface area contributed by atoms with Crippen LogP contribution in [0.4, 0.5) is 0 Å². The highest BCUT2D eigenvalue weighted by atomic mass is 16.5. The van der Waals surface area contributed by atoms with Gasteiger partial charge in [-0.25, -0.2) is 0 Å². The van der Waals surface area contributed by atoms with E-state index in [0.717, 1.165) is 28.9 Å². The minimum atomic E-state index is 0.308. The maximum Gasteiger partial charge on any atom is 0.143 e. The van der Waals surface area contributed by atoms with Crippen molar-refractivity contribution in [2.75, 3.05) is 27.7 Å². The zero-order valence-corrected chi connectivity index (χ0v) is 17.5. The summed E-state index contributed by atoms with van der Waals surface area (Å²) in [4.78, 5) is 6.75. The first kappa shape index (κ1) is 19.2. The molecular weight excluding hydrogens is 358 g/mol. The Balaban J connectivity index is 1.89. The smallest absolute Gasteiger partial charge is 0.143 e. The minimum absolute atomic E-state index is 0.308. The number of ether oxygens (including phenoxy) is 1.